The summed E-state index contributed by atoms with van der Waals surface area (Å²) in [6.07, 6.45) is 2.56. The van der Waals surface area contributed by atoms with Crippen molar-refractivity contribution in [1.29, 1.82) is 0 Å². The molecule has 2 N–H and O–H groups in total. The van der Waals surface area contributed by atoms with Crippen molar-refractivity contribution in [3.8, 4) is 0 Å². The van der Waals surface area contributed by atoms with Gasteiger partial charge in [0.15, 0.2) is 0 Å². The molecule has 1 aliphatic carbocycles. The van der Waals surface area contributed by atoms with Crippen LogP contribution in [0.2, 0.25) is 0 Å². The van der Waals surface area contributed by atoms with Crippen LogP contribution >= 0.6 is 0 Å². The average molecular weight is 360 g/mol. The van der Waals surface area contributed by atoms with Crippen LogP contribution in [0.3, 0.4) is 0 Å². The van der Waals surface area contributed by atoms with Gasteiger partial charge in [-0.05, 0) is 44.2 Å². The molecule has 3 rings (SSSR count). The molecule has 1 heterocycles. The van der Waals surface area contributed by atoms with E-state index >= 15 is 0 Å². The summed E-state index contributed by atoms with van der Waals surface area (Å²) >= 11 is 0. The molecule has 2 aliphatic rings. The van der Waals surface area contributed by atoms with Crippen molar-refractivity contribution in [3.63, 3.8) is 0 Å². The third kappa shape index (κ3) is 3.43. The van der Waals surface area contributed by atoms with Gasteiger partial charge in [-0.3, -0.25) is 4.79 Å². The molecule has 0 aromatic heterocycles. The van der Waals surface area contributed by atoms with Gasteiger partial charge in [0.05, 0.1) is 6.61 Å². The number of hydrogen-bond acceptors (Lipinski definition) is 3. The summed E-state index contributed by atoms with van der Waals surface area (Å²) in [5.74, 6) is -0.899. The second-order valence-electron chi connectivity index (χ2n) is 7.95. The first-order valence-electron chi connectivity index (χ1n) is 9.15. The van der Waals surface area contributed by atoms with Gasteiger partial charge in [-0.15, -0.1) is 0 Å². The largest absolute Gasteiger partial charge is 0.481 e. The van der Waals surface area contributed by atoms with Gasteiger partial charge in [0.25, 0.3) is 0 Å². The van der Waals surface area contributed by atoms with Gasteiger partial charge in [0, 0.05) is 32.2 Å². The number of methoxy groups -OCH3 is 1. The van der Waals surface area contributed by atoms with Gasteiger partial charge in [-0.25, -0.2) is 4.79 Å². The topological polar surface area (TPSA) is 78.9 Å². The summed E-state index contributed by atoms with van der Waals surface area (Å²) in [7, 11) is 1.49. The van der Waals surface area contributed by atoms with Gasteiger partial charge >= 0.3 is 12.0 Å². The number of nitrogens with one attached hydrogen (secondary N) is 1. The zero-order valence-electron chi connectivity index (χ0n) is 15.8. The molecule has 1 unspecified atom stereocenters. The Balaban J connectivity index is 1.62. The molecule has 1 atom stereocenters. The molecule has 2 amide bonds. The predicted molar refractivity (Wildman–Crippen MR) is 98.4 cm³/mol. The highest BCUT2D eigenvalue weighted by molar-refractivity contribution is 5.80. The molecule has 1 aromatic carbocycles. The number of urea groups is 1. The minimum absolute atomic E-state index is 0.0313. The summed E-state index contributed by atoms with van der Waals surface area (Å²) in [5, 5.41) is 12.6. The van der Waals surface area contributed by atoms with Gasteiger partial charge < -0.3 is 20.1 Å². The van der Waals surface area contributed by atoms with Gasteiger partial charge in [-0.2, -0.15) is 0 Å². The molecule has 0 spiro atoms. The maximum atomic E-state index is 12.6. The Morgan fingerprint density at radius 3 is 2.58 bits per heavy atom. The Labute approximate surface area is 154 Å². The minimum Gasteiger partial charge on any atom is -0.481 e. The lowest BCUT2D eigenvalue weighted by Crippen LogP contribution is -2.45. The zero-order valence-corrected chi connectivity index (χ0v) is 15.8. The van der Waals surface area contributed by atoms with Crippen molar-refractivity contribution in [2.75, 3.05) is 33.4 Å². The second kappa shape index (κ2) is 6.91. The third-order valence-corrected chi connectivity index (χ3v) is 5.90. The molecule has 26 heavy (non-hydrogen) atoms. The lowest BCUT2D eigenvalue weighted by atomic mass is 9.88. The fourth-order valence-corrected chi connectivity index (χ4v) is 4.13. The van der Waals surface area contributed by atoms with Crippen molar-refractivity contribution in [2.24, 2.45) is 5.41 Å². The number of nitrogens with zero attached hydrogens (tertiary/aromatic N) is 1. The molecule has 142 valence electrons. The lowest BCUT2D eigenvalue weighted by molar-refractivity contribution is -0.151. The Bertz CT molecular complexity index is 714. The normalized spacial score (nSPS) is 23.7. The van der Waals surface area contributed by atoms with E-state index in [1.807, 2.05) is 0 Å². The van der Waals surface area contributed by atoms with Crippen molar-refractivity contribution in [2.45, 2.75) is 38.5 Å². The van der Waals surface area contributed by atoms with Crippen molar-refractivity contribution in [3.05, 3.63) is 34.9 Å². The zero-order chi connectivity index (χ0) is 18.9. The summed E-state index contributed by atoms with van der Waals surface area (Å²) in [6, 6.07) is 6.30. The summed E-state index contributed by atoms with van der Waals surface area (Å²) < 4.78 is 5.08. The van der Waals surface area contributed by atoms with Gasteiger partial charge in [-0.1, -0.05) is 23.8 Å². The maximum absolute atomic E-state index is 12.6. The number of hydrogen-bond donors (Lipinski definition) is 2. The van der Waals surface area contributed by atoms with E-state index in [1.54, 1.807) is 4.90 Å². The number of aliphatic carboxylic acids is 1. The summed E-state index contributed by atoms with van der Waals surface area (Å²) in [6.45, 7) is 5.56. The lowest BCUT2D eigenvalue weighted by Gasteiger charge is -2.25. The van der Waals surface area contributed by atoms with E-state index in [2.05, 4.69) is 37.4 Å². The number of carboxylic acids is 1. The first-order valence-corrected chi connectivity index (χ1v) is 9.15. The van der Waals surface area contributed by atoms with Crippen LogP contribution in [0.25, 0.3) is 0 Å². The highest BCUT2D eigenvalue weighted by atomic mass is 16.5. The smallest absolute Gasteiger partial charge is 0.317 e. The SMILES string of the molecule is COCC1(C(=O)O)CCN(C(=O)NCC2(c3ccc(C)cc3C)CC2)C1. The molecule has 0 radical (unpaired) electrons. The monoisotopic (exact) mass is 360 g/mol. The molecule has 1 saturated heterocycles. The Kier molecular flexibility index (Phi) is 4.97. The maximum Gasteiger partial charge on any atom is 0.317 e. The number of likely N-dealkylation sites (tertiary alicyclic amines) is 1. The molecule has 1 aliphatic heterocycles. The number of carbonyl (C=O) groups is 2. The van der Waals surface area contributed by atoms with E-state index in [-0.39, 0.29) is 24.6 Å². The van der Waals surface area contributed by atoms with E-state index in [9.17, 15) is 14.7 Å². The molecule has 2 fully saturated rings. The quantitative estimate of drug-likeness (QED) is 0.817. The standard InChI is InChI=1S/C20H28N2O4/c1-14-4-5-16(15(2)10-14)19(6-7-19)11-21-18(25)22-9-8-20(12-22,13-26-3)17(23)24/h4-5,10H,6-9,11-13H2,1-3H3,(H,21,25)(H,23,24). The Morgan fingerprint density at radius 1 is 1.27 bits per heavy atom. The van der Waals surface area contributed by atoms with Crippen LogP contribution in [-0.2, 0) is 14.9 Å². The minimum atomic E-state index is -0.989. The van der Waals surface area contributed by atoms with E-state index in [4.69, 9.17) is 4.74 Å². The Morgan fingerprint density at radius 2 is 2.00 bits per heavy atom. The number of rotatable bonds is 6. The highest BCUT2D eigenvalue weighted by Crippen LogP contribution is 2.49. The number of ether oxygens (including phenoxy) is 1. The third-order valence-electron chi connectivity index (χ3n) is 5.90. The van der Waals surface area contributed by atoms with E-state index in [0.29, 0.717) is 19.5 Å². The van der Waals surface area contributed by atoms with Gasteiger partial charge in [0.1, 0.15) is 5.41 Å². The molecule has 1 saturated carbocycles. The number of amides is 2. The number of aryl methyl sites for hydroxylation is 2. The Hall–Kier alpha value is -2.08. The first kappa shape index (κ1) is 18.7. The molecular formula is C20H28N2O4. The van der Waals surface area contributed by atoms with Gasteiger partial charge in [0.2, 0.25) is 0 Å². The first-order chi connectivity index (χ1) is 12.3. The highest BCUT2D eigenvalue weighted by Gasteiger charge is 2.48. The average Bonchev–Trinajstić information content (AvgIpc) is 3.24. The van der Waals surface area contributed by atoms with Crippen molar-refractivity contribution < 1.29 is 19.4 Å². The van der Waals surface area contributed by atoms with Crippen LogP contribution in [0.1, 0.15) is 36.0 Å². The van der Waals surface area contributed by atoms with Crippen LogP contribution in [0.15, 0.2) is 18.2 Å². The summed E-state index contributed by atoms with van der Waals surface area (Å²) in [4.78, 5) is 25.8. The number of carboxylic acid groups (broad SMARTS) is 1. The molecule has 1 aromatic rings. The molecule has 6 nitrogen and oxygen atoms in total. The van der Waals surface area contributed by atoms with Crippen LogP contribution in [0.5, 0.6) is 0 Å². The number of benzene rings is 1. The van der Waals surface area contributed by atoms with Crippen LogP contribution < -0.4 is 5.32 Å². The van der Waals surface area contributed by atoms with E-state index < -0.39 is 11.4 Å². The van der Waals surface area contributed by atoms with Crippen LogP contribution in [0, 0.1) is 19.3 Å². The van der Waals surface area contributed by atoms with Crippen molar-refractivity contribution >= 4 is 12.0 Å². The number of carbonyl (C=O) groups excluding carboxylic acids is 1. The summed E-state index contributed by atoms with van der Waals surface area (Å²) in [5.41, 5.74) is 2.86. The fourth-order valence-electron chi connectivity index (χ4n) is 4.13. The molecule has 6 heteroatoms. The molecular weight excluding hydrogens is 332 g/mol. The van der Waals surface area contributed by atoms with E-state index in [1.165, 1.54) is 23.8 Å². The second-order valence-corrected chi connectivity index (χ2v) is 7.95. The fraction of sp³-hybridized carbons (Fsp3) is 0.600. The van der Waals surface area contributed by atoms with E-state index in [0.717, 1.165) is 12.8 Å². The predicted octanol–water partition coefficient (Wildman–Crippen LogP) is 2.47. The van der Waals surface area contributed by atoms with Crippen molar-refractivity contribution in [1.82, 2.24) is 10.2 Å². The molecule has 0 bridgehead atoms. The van der Waals surface area contributed by atoms with Crippen LogP contribution in [0.4, 0.5) is 4.79 Å². The van der Waals surface area contributed by atoms with Crippen LogP contribution in [-0.4, -0.2) is 55.4 Å².